The Morgan fingerprint density at radius 2 is 1.65 bits per heavy atom. The Bertz CT molecular complexity index is 480. The summed E-state index contributed by atoms with van der Waals surface area (Å²) < 4.78 is 16.2. The molecule has 3 unspecified atom stereocenters. The van der Waals surface area contributed by atoms with Crippen molar-refractivity contribution in [1.29, 1.82) is 0 Å². The van der Waals surface area contributed by atoms with Gasteiger partial charge in [0, 0.05) is 5.56 Å². The van der Waals surface area contributed by atoms with Crippen LogP contribution < -0.4 is 15.2 Å². The van der Waals surface area contributed by atoms with Gasteiger partial charge in [-0.15, -0.1) is 0 Å². The van der Waals surface area contributed by atoms with Crippen LogP contribution in [0.2, 0.25) is 0 Å². The summed E-state index contributed by atoms with van der Waals surface area (Å²) in [5.41, 5.74) is 6.93. The van der Waals surface area contributed by atoms with Gasteiger partial charge in [0.15, 0.2) is 0 Å². The number of rotatable bonds is 9. The molecule has 0 radical (unpaired) electrons. The van der Waals surface area contributed by atoms with Crippen LogP contribution in [0.3, 0.4) is 0 Å². The van der Waals surface area contributed by atoms with Gasteiger partial charge in [-0.05, 0) is 44.2 Å². The number of nitrogens with two attached hydrogens (primary N) is 1. The smallest absolute Gasteiger partial charge is 0.322 e. The van der Waals surface area contributed by atoms with Gasteiger partial charge in [-0.3, -0.25) is 4.79 Å². The van der Waals surface area contributed by atoms with E-state index in [2.05, 4.69) is 13.8 Å². The lowest BCUT2D eigenvalue weighted by Crippen LogP contribution is -2.34. The Morgan fingerprint density at radius 3 is 2.09 bits per heavy atom. The van der Waals surface area contributed by atoms with E-state index in [-0.39, 0.29) is 17.8 Å². The number of carbonyl (C=O) groups excluding carboxylic acids is 1. The molecule has 2 N–H and O–H groups in total. The first-order valence-corrected chi connectivity index (χ1v) is 8.18. The van der Waals surface area contributed by atoms with E-state index in [1.165, 1.54) is 7.11 Å². The van der Waals surface area contributed by atoms with E-state index in [0.717, 1.165) is 17.1 Å². The number of hydrogen-bond donors (Lipinski definition) is 1. The molecule has 3 atom stereocenters. The van der Waals surface area contributed by atoms with Gasteiger partial charge in [0.2, 0.25) is 0 Å². The first-order valence-electron chi connectivity index (χ1n) is 8.18. The number of ether oxygens (including phenoxy) is 3. The molecule has 0 aliphatic rings. The van der Waals surface area contributed by atoms with E-state index in [4.69, 9.17) is 19.9 Å². The molecule has 130 valence electrons. The molecule has 23 heavy (non-hydrogen) atoms. The third kappa shape index (κ3) is 5.13. The molecule has 1 rings (SSSR count). The van der Waals surface area contributed by atoms with Crippen molar-refractivity contribution in [1.82, 2.24) is 0 Å². The fraction of sp³-hybridized carbons (Fsp3) is 0.611. The van der Waals surface area contributed by atoms with Crippen molar-refractivity contribution in [2.45, 2.75) is 46.1 Å². The van der Waals surface area contributed by atoms with E-state index >= 15 is 0 Å². The molecule has 0 amide bonds. The largest absolute Gasteiger partial charge is 0.493 e. The first kappa shape index (κ1) is 19.3. The fourth-order valence-electron chi connectivity index (χ4n) is 2.67. The molecule has 5 nitrogen and oxygen atoms in total. The summed E-state index contributed by atoms with van der Waals surface area (Å²) in [4.78, 5) is 11.5. The number of methoxy groups -OCH3 is 1. The topological polar surface area (TPSA) is 70.8 Å². The van der Waals surface area contributed by atoms with Crippen molar-refractivity contribution < 1.29 is 19.0 Å². The van der Waals surface area contributed by atoms with Crippen LogP contribution in [0.25, 0.3) is 0 Å². The van der Waals surface area contributed by atoms with Crippen LogP contribution in [0.15, 0.2) is 18.2 Å². The minimum atomic E-state index is -0.618. The van der Waals surface area contributed by atoms with Crippen molar-refractivity contribution in [2.75, 3.05) is 20.3 Å². The molecular formula is C18H29NO4. The molecule has 1 aromatic rings. The first-order chi connectivity index (χ1) is 11.0. The van der Waals surface area contributed by atoms with Crippen molar-refractivity contribution in [3.63, 3.8) is 0 Å². The lowest BCUT2D eigenvalue weighted by molar-refractivity contribution is -0.142. The second-order valence-electron chi connectivity index (χ2n) is 5.67. The Hall–Kier alpha value is -1.75. The molecule has 0 aliphatic heterocycles. The molecule has 0 saturated carbocycles. The maximum atomic E-state index is 11.5. The third-order valence-corrected chi connectivity index (χ3v) is 4.06. The quantitative estimate of drug-likeness (QED) is 0.707. The van der Waals surface area contributed by atoms with Crippen LogP contribution >= 0.6 is 0 Å². The monoisotopic (exact) mass is 323 g/mol. The maximum Gasteiger partial charge on any atom is 0.322 e. The molecule has 5 heteroatoms. The van der Waals surface area contributed by atoms with E-state index in [0.29, 0.717) is 19.6 Å². The average Bonchev–Trinajstić information content (AvgIpc) is 2.54. The molecule has 0 saturated heterocycles. The lowest BCUT2D eigenvalue weighted by atomic mass is 9.84. The van der Waals surface area contributed by atoms with Crippen molar-refractivity contribution in [3.8, 4) is 11.5 Å². The van der Waals surface area contributed by atoms with Gasteiger partial charge >= 0.3 is 5.97 Å². The second kappa shape index (κ2) is 9.40. The molecule has 0 spiro atoms. The summed E-state index contributed by atoms with van der Waals surface area (Å²) in [6.45, 7) is 9.27. The zero-order chi connectivity index (χ0) is 17.4. The average molecular weight is 323 g/mol. The molecule has 0 heterocycles. The summed E-state index contributed by atoms with van der Waals surface area (Å²) in [7, 11) is 1.36. The van der Waals surface area contributed by atoms with Crippen molar-refractivity contribution in [2.24, 2.45) is 11.7 Å². The van der Waals surface area contributed by atoms with Crippen LogP contribution in [0, 0.1) is 5.92 Å². The Labute approximate surface area is 139 Å². The number of benzene rings is 1. The van der Waals surface area contributed by atoms with Gasteiger partial charge in [-0.25, -0.2) is 0 Å². The fourth-order valence-corrected chi connectivity index (χ4v) is 2.67. The minimum absolute atomic E-state index is 0.134. The summed E-state index contributed by atoms with van der Waals surface area (Å²) >= 11 is 0. The Morgan fingerprint density at radius 1 is 1.13 bits per heavy atom. The van der Waals surface area contributed by atoms with Crippen LogP contribution in [-0.2, 0) is 9.53 Å². The molecule has 0 aliphatic carbocycles. The second-order valence-corrected chi connectivity index (χ2v) is 5.67. The Balaban J connectivity index is 3.04. The van der Waals surface area contributed by atoms with E-state index < -0.39 is 6.04 Å². The molecule has 1 aromatic carbocycles. The number of esters is 1. The van der Waals surface area contributed by atoms with Crippen molar-refractivity contribution >= 4 is 5.97 Å². The van der Waals surface area contributed by atoms with E-state index in [1.807, 2.05) is 32.0 Å². The maximum absolute atomic E-state index is 11.5. The molecular weight excluding hydrogens is 294 g/mol. The van der Waals surface area contributed by atoms with Gasteiger partial charge < -0.3 is 19.9 Å². The predicted octanol–water partition coefficient (Wildman–Crippen LogP) is 3.11. The zero-order valence-electron chi connectivity index (χ0n) is 14.8. The van der Waals surface area contributed by atoms with Crippen LogP contribution in [0.5, 0.6) is 11.5 Å². The molecule has 0 aromatic heterocycles. The highest BCUT2D eigenvalue weighted by molar-refractivity contribution is 5.75. The SMILES string of the molecule is CCOc1cccc(OCC)c1C(C)C(C)CC(N)C(=O)OC. The van der Waals surface area contributed by atoms with E-state index in [9.17, 15) is 4.79 Å². The normalized spacial score (nSPS) is 14.7. The van der Waals surface area contributed by atoms with E-state index in [1.54, 1.807) is 0 Å². The lowest BCUT2D eigenvalue weighted by Gasteiger charge is -2.26. The number of carbonyl (C=O) groups is 1. The van der Waals surface area contributed by atoms with Crippen LogP contribution in [0.4, 0.5) is 0 Å². The summed E-state index contributed by atoms with van der Waals surface area (Å²) in [5.74, 6) is 1.57. The van der Waals surface area contributed by atoms with Gasteiger partial charge in [-0.2, -0.15) is 0 Å². The predicted molar refractivity (Wildman–Crippen MR) is 91.0 cm³/mol. The summed E-state index contributed by atoms with van der Waals surface area (Å²) in [6.07, 6.45) is 0.542. The molecule has 0 fully saturated rings. The van der Waals surface area contributed by atoms with Gasteiger partial charge in [0.05, 0.1) is 20.3 Å². The third-order valence-electron chi connectivity index (χ3n) is 4.06. The van der Waals surface area contributed by atoms with Gasteiger partial charge in [0.1, 0.15) is 17.5 Å². The highest BCUT2D eigenvalue weighted by Gasteiger charge is 2.26. The van der Waals surface area contributed by atoms with Gasteiger partial charge in [0.25, 0.3) is 0 Å². The zero-order valence-corrected chi connectivity index (χ0v) is 14.8. The minimum Gasteiger partial charge on any atom is -0.493 e. The van der Waals surface area contributed by atoms with Crippen LogP contribution in [-0.4, -0.2) is 32.3 Å². The highest BCUT2D eigenvalue weighted by Crippen LogP contribution is 2.40. The highest BCUT2D eigenvalue weighted by atomic mass is 16.5. The van der Waals surface area contributed by atoms with Gasteiger partial charge in [-0.1, -0.05) is 19.9 Å². The summed E-state index contributed by atoms with van der Waals surface area (Å²) in [6, 6.07) is 5.21. The Kier molecular flexibility index (Phi) is 7.89. The standard InChI is InChI=1S/C18H29NO4/c1-6-22-15-9-8-10-16(23-7-2)17(15)13(4)12(3)11-14(19)18(20)21-5/h8-10,12-14H,6-7,11,19H2,1-5H3. The van der Waals surface area contributed by atoms with Crippen molar-refractivity contribution in [3.05, 3.63) is 23.8 Å². The number of hydrogen-bond acceptors (Lipinski definition) is 5. The molecule has 0 bridgehead atoms. The summed E-state index contributed by atoms with van der Waals surface area (Å²) in [5, 5.41) is 0. The van der Waals surface area contributed by atoms with Crippen LogP contribution in [0.1, 0.15) is 45.6 Å².